The topological polar surface area (TPSA) is 56.7 Å². The number of hydrogen-bond acceptors (Lipinski definition) is 4. The molecule has 2 N–H and O–H groups in total. The van der Waals surface area contributed by atoms with Gasteiger partial charge in [0, 0.05) is 29.0 Å². The molecule has 172 valence electrons. The maximum atomic E-state index is 12.2. The maximum absolute atomic E-state index is 12.2. The fourth-order valence-corrected chi connectivity index (χ4v) is 4.72. The van der Waals surface area contributed by atoms with Gasteiger partial charge in [0.15, 0.2) is 0 Å². The van der Waals surface area contributed by atoms with Gasteiger partial charge in [0.1, 0.15) is 0 Å². The van der Waals surface area contributed by atoms with E-state index < -0.39 is 0 Å². The zero-order valence-electron chi connectivity index (χ0n) is 20.1. The monoisotopic (exact) mass is 454 g/mol. The lowest BCUT2D eigenvalue weighted by Crippen LogP contribution is -2.48. The zero-order chi connectivity index (χ0) is 23.5. The van der Waals surface area contributed by atoms with Crippen molar-refractivity contribution in [2.75, 3.05) is 23.3 Å². The number of benzene rings is 2. The van der Waals surface area contributed by atoms with Gasteiger partial charge in [-0.15, -0.1) is 0 Å². The second-order valence-electron chi connectivity index (χ2n) is 9.45. The molecule has 0 saturated carbocycles. The summed E-state index contributed by atoms with van der Waals surface area (Å²) in [5.41, 5.74) is 9.31. The number of aryl methyl sites for hydroxylation is 2. The third-order valence-electron chi connectivity index (χ3n) is 6.30. The average molecular weight is 455 g/mol. The van der Waals surface area contributed by atoms with Crippen LogP contribution in [0.3, 0.4) is 0 Å². The van der Waals surface area contributed by atoms with Crippen LogP contribution < -0.4 is 15.6 Å². The summed E-state index contributed by atoms with van der Waals surface area (Å²) in [6.45, 7) is 14.3. The summed E-state index contributed by atoms with van der Waals surface area (Å²) < 4.78 is 0. The molecular formula is C26H35ClN4O. The lowest BCUT2D eigenvalue weighted by atomic mass is 9.79. The molecule has 1 aliphatic rings. The first-order valence-electron chi connectivity index (χ1n) is 11.4. The van der Waals surface area contributed by atoms with Crippen LogP contribution in [0.2, 0.25) is 5.02 Å². The summed E-state index contributed by atoms with van der Waals surface area (Å²) in [7, 11) is 0. The van der Waals surface area contributed by atoms with Crippen molar-refractivity contribution in [2.45, 2.75) is 65.8 Å². The number of nitrogens with zero attached hydrogens (tertiary/aromatic N) is 2. The van der Waals surface area contributed by atoms with E-state index in [1.807, 2.05) is 18.2 Å². The van der Waals surface area contributed by atoms with Gasteiger partial charge in [0.05, 0.1) is 17.8 Å². The Balaban J connectivity index is 1.68. The van der Waals surface area contributed by atoms with E-state index in [9.17, 15) is 4.79 Å². The van der Waals surface area contributed by atoms with Gasteiger partial charge in [-0.1, -0.05) is 31.5 Å². The van der Waals surface area contributed by atoms with Crippen LogP contribution in [0.4, 0.5) is 11.4 Å². The Morgan fingerprint density at radius 1 is 1.25 bits per heavy atom. The second-order valence-corrected chi connectivity index (χ2v) is 9.85. The van der Waals surface area contributed by atoms with Gasteiger partial charge in [0.25, 0.3) is 5.91 Å². The van der Waals surface area contributed by atoms with Gasteiger partial charge in [0.2, 0.25) is 0 Å². The van der Waals surface area contributed by atoms with Gasteiger partial charge in [-0.2, -0.15) is 5.10 Å². The number of nitrogens with one attached hydrogen (secondary N) is 2. The Morgan fingerprint density at radius 3 is 2.69 bits per heavy atom. The predicted octanol–water partition coefficient (Wildman–Crippen LogP) is 6.02. The van der Waals surface area contributed by atoms with Crippen molar-refractivity contribution >= 4 is 35.1 Å². The third-order valence-corrected chi connectivity index (χ3v) is 6.63. The highest BCUT2D eigenvalue weighted by Gasteiger charge is 2.36. The predicted molar refractivity (Wildman–Crippen MR) is 136 cm³/mol. The van der Waals surface area contributed by atoms with Crippen LogP contribution in [0.25, 0.3) is 0 Å². The summed E-state index contributed by atoms with van der Waals surface area (Å²) in [5.74, 6) is 0.215. The van der Waals surface area contributed by atoms with Crippen LogP contribution in [0.5, 0.6) is 0 Å². The van der Waals surface area contributed by atoms with E-state index in [0.717, 1.165) is 30.6 Å². The van der Waals surface area contributed by atoms with Crippen molar-refractivity contribution in [2.24, 2.45) is 5.10 Å². The summed E-state index contributed by atoms with van der Waals surface area (Å²) in [4.78, 5) is 14.7. The number of amides is 1. The van der Waals surface area contributed by atoms with E-state index in [-0.39, 0.29) is 18.0 Å². The molecule has 0 spiro atoms. The summed E-state index contributed by atoms with van der Waals surface area (Å²) in [6.07, 6.45) is 3.80. The fourth-order valence-electron chi connectivity index (χ4n) is 4.51. The minimum atomic E-state index is -0.210. The Hall–Kier alpha value is -2.53. The van der Waals surface area contributed by atoms with E-state index in [0.29, 0.717) is 10.9 Å². The molecule has 2 aromatic carbocycles. The Morgan fingerprint density at radius 2 is 2.00 bits per heavy atom. The first kappa shape index (κ1) is 24.1. The highest BCUT2D eigenvalue weighted by molar-refractivity contribution is 6.33. The first-order valence-corrected chi connectivity index (χ1v) is 11.7. The minimum absolute atomic E-state index is 0.0956. The van der Waals surface area contributed by atoms with Crippen molar-refractivity contribution in [3.63, 3.8) is 0 Å². The van der Waals surface area contributed by atoms with Gasteiger partial charge < -0.3 is 10.2 Å². The molecule has 1 amide bonds. The number of anilines is 2. The summed E-state index contributed by atoms with van der Waals surface area (Å²) in [6, 6.07) is 10.2. The Bertz CT molecular complexity index is 1020. The lowest BCUT2D eigenvalue weighted by Gasteiger charge is -2.47. The molecule has 2 aromatic rings. The number of carbonyl (C=O) groups is 1. The maximum Gasteiger partial charge on any atom is 0.259 e. The van der Waals surface area contributed by atoms with Crippen molar-refractivity contribution in [1.29, 1.82) is 0 Å². The quantitative estimate of drug-likeness (QED) is 0.397. The lowest BCUT2D eigenvalue weighted by molar-refractivity contribution is -0.119. The van der Waals surface area contributed by atoms with Crippen molar-refractivity contribution in [3.8, 4) is 0 Å². The van der Waals surface area contributed by atoms with E-state index in [1.165, 1.54) is 22.4 Å². The van der Waals surface area contributed by atoms with E-state index in [4.69, 9.17) is 11.6 Å². The molecule has 1 atom stereocenters. The number of rotatable bonds is 7. The molecule has 1 unspecified atom stereocenters. The number of hydrazone groups is 1. The molecule has 0 saturated heterocycles. The van der Waals surface area contributed by atoms with Gasteiger partial charge in [-0.05, 0) is 87.4 Å². The molecular weight excluding hydrogens is 420 g/mol. The van der Waals surface area contributed by atoms with Gasteiger partial charge >= 0.3 is 0 Å². The smallest absolute Gasteiger partial charge is 0.259 e. The molecule has 5 nitrogen and oxygen atoms in total. The van der Waals surface area contributed by atoms with E-state index in [1.54, 1.807) is 6.21 Å². The Kier molecular flexibility index (Phi) is 7.50. The molecule has 0 aliphatic carbocycles. The highest BCUT2D eigenvalue weighted by Crippen LogP contribution is 2.45. The molecule has 1 heterocycles. The van der Waals surface area contributed by atoms with E-state index >= 15 is 0 Å². The molecule has 0 bridgehead atoms. The van der Waals surface area contributed by atoms with Crippen molar-refractivity contribution in [3.05, 3.63) is 57.6 Å². The van der Waals surface area contributed by atoms with Gasteiger partial charge in [-0.3, -0.25) is 4.79 Å². The largest absolute Gasteiger partial charge is 0.376 e. The number of fused-ring (bicyclic) bond motifs is 1. The van der Waals surface area contributed by atoms with Crippen LogP contribution >= 0.6 is 11.6 Å². The molecule has 32 heavy (non-hydrogen) atoms. The number of halogens is 1. The third kappa shape index (κ3) is 5.44. The Labute approximate surface area is 197 Å². The van der Waals surface area contributed by atoms with Crippen LogP contribution in [0.15, 0.2) is 35.4 Å². The van der Waals surface area contributed by atoms with Crippen LogP contribution in [-0.4, -0.2) is 30.8 Å². The molecule has 0 aromatic heterocycles. The minimum Gasteiger partial charge on any atom is -0.376 e. The average Bonchev–Trinajstić information content (AvgIpc) is 2.72. The highest BCUT2D eigenvalue weighted by atomic mass is 35.5. The SMILES string of the molecule is CCCN1c2cc(Cl)c(/C=N\NC(=O)CNc3ccc(C)c(C)c3)cc2C(C)CC1(C)C. The molecule has 3 rings (SSSR count). The molecule has 0 fully saturated rings. The normalized spacial score (nSPS) is 17.3. The van der Waals surface area contributed by atoms with Crippen molar-refractivity contribution < 1.29 is 4.79 Å². The standard InChI is InChI=1S/C26H35ClN4O/c1-7-10-31-24-13-23(27)20(12-22(24)19(4)14-26(31,5)6)15-29-30-25(32)16-28-21-9-8-17(2)18(3)11-21/h8-9,11-13,15,19,28H,7,10,14,16H2,1-6H3,(H,30,32)/b29-15-. The van der Waals surface area contributed by atoms with Crippen molar-refractivity contribution in [1.82, 2.24) is 5.43 Å². The van der Waals surface area contributed by atoms with Gasteiger partial charge in [-0.25, -0.2) is 5.43 Å². The molecule has 0 radical (unpaired) electrons. The zero-order valence-corrected chi connectivity index (χ0v) is 20.8. The van der Waals surface area contributed by atoms with Crippen LogP contribution in [0, 0.1) is 13.8 Å². The van der Waals surface area contributed by atoms with Crippen LogP contribution in [-0.2, 0) is 4.79 Å². The second kappa shape index (κ2) is 9.95. The molecule has 1 aliphatic heterocycles. The first-order chi connectivity index (χ1) is 15.1. The molecule has 6 heteroatoms. The summed E-state index contributed by atoms with van der Waals surface area (Å²) >= 11 is 6.61. The summed E-state index contributed by atoms with van der Waals surface area (Å²) in [5, 5.41) is 7.91. The van der Waals surface area contributed by atoms with Crippen LogP contribution in [0.1, 0.15) is 68.7 Å². The number of hydrogen-bond donors (Lipinski definition) is 2. The number of carbonyl (C=O) groups excluding carboxylic acids is 1. The fraction of sp³-hybridized carbons (Fsp3) is 0.462. The van der Waals surface area contributed by atoms with E-state index in [2.05, 4.69) is 74.4 Å².